The molecule has 2 amide bonds. The monoisotopic (exact) mass is 609 g/mol. The molecule has 1 atom stereocenters. The Morgan fingerprint density at radius 2 is 1.60 bits per heavy atom. The number of fused-ring (bicyclic) bond motifs is 1. The molecule has 1 aliphatic heterocycles. The van der Waals surface area contributed by atoms with Gasteiger partial charge in [-0.15, -0.1) is 0 Å². The lowest BCUT2D eigenvalue weighted by Crippen LogP contribution is -2.56. The average molecular weight is 610 g/mol. The second-order valence-electron chi connectivity index (χ2n) is 11.4. The summed E-state index contributed by atoms with van der Waals surface area (Å²) in [5.41, 5.74) is 1.26. The summed E-state index contributed by atoms with van der Waals surface area (Å²) < 4.78 is 43.8. The lowest BCUT2D eigenvalue weighted by atomic mass is 10.0. The van der Waals surface area contributed by atoms with Crippen molar-refractivity contribution in [3.63, 3.8) is 0 Å². The van der Waals surface area contributed by atoms with Crippen LogP contribution in [-0.2, 0) is 32.6 Å². The van der Waals surface area contributed by atoms with E-state index in [9.17, 15) is 18.0 Å². The summed E-state index contributed by atoms with van der Waals surface area (Å²) in [4.78, 5) is 29.6. The van der Waals surface area contributed by atoms with Crippen LogP contribution in [-0.4, -0.2) is 69.8 Å². The highest BCUT2D eigenvalue weighted by Gasteiger charge is 2.34. The molecule has 4 rings (SSSR count). The largest absolute Gasteiger partial charge is 0.497 e. The third-order valence-corrected chi connectivity index (χ3v) is 7.89. The SMILES string of the molecule is COc1cccc(CN(C(=O)CN(c2ccc3c(c2)OCCO3)S(C)(=O)=O)C(Cc2ccccc2)C(=O)NC(C)(C)C)c1. The number of carbonyl (C=O) groups excluding carboxylic acids is 2. The van der Waals surface area contributed by atoms with E-state index < -0.39 is 34.1 Å². The van der Waals surface area contributed by atoms with E-state index in [1.54, 1.807) is 43.5 Å². The lowest BCUT2D eigenvalue weighted by molar-refractivity contribution is -0.140. The average Bonchev–Trinajstić information content (AvgIpc) is 2.96. The first-order valence-corrected chi connectivity index (χ1v) is 15.8. The minimum atomic E-state index is -3.92. The zero-order valence-corrected chi connectivity index (χ0v) is 26.0. The number of hydrogen-bond donors (Lipinski definition) is 1. The van der Waals surface area contributed by atoms with Crippen molar-refractivity contribution in [1.29, 1.82) is 0 Å². The third kappa shape index (κ3) is 8.63. The molecular weight excluding hydrogens is 570 g/mol. The highest BCUT2D eigenvalue weighted by Crippen LogP contribution is 2.35. The second kappa shape index (κ2) is 13.4. The normalized spacial score (nSPS) is 13.5. The van der Waals surface area contributed by atoms with Gasteiger partial charge >= 0.3 is 0 Å². The van der Waals surface area contributed by atoms with Crippen molar-refractivity contribution in [2.75, 3.05) is 37.4 Å². The number of nitrogens with zero attached hydrogens (tertiary/aromatic N) is 2. The first-order valence-electron chi connectivity index (χ1n) is 14.0. The molecule has 3 aromatic carbocycles. The van der Waals surface area contributed by atoms with Gasteiger partial charge in [0.1, 0.15) is 31.5 Å². The van der Waals surface area contributed by atoms with Crippen molar-refractivity contribution >= 4 is 27.5 Å². The van der Waals surface area contributed by atoms with Crippen LogP contribution >= 0.6 is 0 Å². The molecule has 1 aliphatic rings. The third-order valence-electron chi connectivity index (χ3n) is 6.75. The van der Waals surface area contributed by atoms with Crippen LogP contribution in [0.15, 0.2) is 72.8 Å². The van der Waals surface area contributed by atoms with Crippen molar-refractivity contribution < 1.29 is 32.2 Å². The molecule has 1 heterocycles. The number of rotatable bonds is 11. The molecule has 230 valence electrons. The van der Waals surface area contributed by atoms with E-state index in [4.69, 9.17) is 14.2 Å². The van der Waals surface area contributed by atoms with E-state index in [2.05, 4.69) is 5.32 Å². The molecule has 0 saturated heterocycles. The quantitative estimate of drug-likeness (QED) is 0.352. The number of methoxy groups -OCH3 is 1. The Hall–Kier alpha value is -4.25. The van der Waals surface area contributed by atoms with Crippen LogP contribution in [0.25, 0.3) is 0 Å². The van der Waals surface area contributed by atoms with Gasteiger partial charge in [-0.05, 0) is 56.2 Å². The van der Waals surface area contributed by atoms with Crippen LogP contribution in [0.5, 0.6) is 17.2 Å². The van der Waals surface area contributed by atoms with E-state index in [-0.39, 0.29) is 24.6 Å². The molecule has 10 nitrogen and oxygen atoms in total. The highest BCUT2D eigenvalue weighted by molar-refractivity contribution is 7.92. The van der Waals surface area contributed by atoms with Crippen LogP contribution in [0.4, 0.5) is 5.69 Å². The van der Waals surface area contributed by atoms with Crippen LogP contribution in [0, 0.1) is 0 Å². The van der Waals surface area contributed by atoms with Crippen LogP contribution in [0.2, 0.25) is 0 Å². The zero-order chi connectivity index (χ0) is 31.2. The summed E-state index contributed by atoms with van der Waals surface area (Å²) in [6.07, 6.45) is 1.26. The topological polar surface area (TPSA) is 114 Å². The van der Waals surface area contributed by atoms with Gasteiger partial charge in [0.2, 0.25) is 21.8 Å². The Balaban J connectivity index is 1.75. The molecule has 0 spiro atoms. The fraction of sp³-hybridized carbons (Fsp3) is 0.375. The Labute approximate surface area is 253 Å². The molecule has 0 fully saturated rings. The van der Waals surface area contributed by atoms with Gasteiger partial charge in [-0.3, -0.25) is 13.9 Å². The van der Waals surface area contributed by atoms with Crippen molar-refractivity contribution in [1.82, 2.24) is 10.2 Å². The number of amides is 2. The standard InChI is InChI=1S/C32H39N3O7S/c1-32(2,3)33-31(37)27(19-23-10-7-6-8-11-23)34(21-24-12-9-13-26(18-24)40-4)30(36)22-35(43(5,38)39)25-14-15-28-29(20-25)42-17-16-41-28/h6-15,18,20,27H,16-17,19,21-22H2,1-5H3,(H,33,37). The maximum atomic E-state index is 14.3. The highest BCUT2D eigenvalue weighted by atomic mass is 32.2. The first-order chi connectivity index (χ1) is 20.3. The minimum Gasteiger partial charge on any atom is -0.497 e. The van der Waals surface area contributed by atoms with E-state index in [1.807, 2.05) is 57.2 Å². The maximum absolute atomic E-state index is 14.3. The molecule has 1 N–H and O–H groups in total. The Kier molecular flexibility index (Phi) is 9.85. The molecular formula is C32H39N3O7S. The maximum Gasteiger partial charge on any atom is 0.244 e. The summed E-state index contributed by atoms with van der Waals surface area (Å²) in [6.45, 7) is 5.83. The fourth-order valence-electron chi connectivity index (χ4n) is 4.78. The van der Waals surface area contributed by atoms with Crippen molar-refractivity contribution in [2.45, 2.75) is 45.3 Å². The van der Waals surface area contributed by atoms with Gasteiger partial charge in [0.25, 0.3) is 0 Å². The minimum absolute atomic E-state index is 0.0455. The van der Waals surface area contributed by atoms with Crippen molar-refractivity contribution in [3.05, 3.63) is 83.9 Å². The molecule has 1 unspecified atom stereocenters. The van der Waals surface area contributed by atoms with Crippen molar-refractivity contribution in [2.24, 2.45) is 0 Å². The number of benzene rings is 3. The Morgan fingerprint density at radius 3 is 2.26 bits per heavy atom. The van der Waals surface area contributed by atoms with Gasteiger partial charge in [0, 0.05) is 24.6 Å². The number of anilines is 1. The fourth-order valence-corrected chi connectivity index (χ4v) is 5.62. The molecule has 0 aliphatic carbocycles. The van der Waals surface area contributed by atoms with Crippen LogP contribution in [0.1, 0.15) is 31.9 Å². The number of ether oxygens (including phenoxy) is 3. The summed E-state index contributed by atoms with van der Waals surface area (Å²) in [5.74, 6) is 0.587. The molecule has 0 saturated carbocycles. The summed E-state index contributed by atoms with van der Waals surface area (Å²) >= 11 is 0. The summed E-state index contributed by atoms with van der Waals surface area (Å²) in [6, 6.07) is 20.4. The number of carbonyl (C=O) groups is 2. The van der Waals surface area contributed by atoms with Gasteiger partial charge in [0.05, 0.1) is 19.1 Å². The predicted molar refractivity (Wildman–Crippen MR) is 165 cm³/mol. The van der Waals surface area contributed by atoms with E-state index in [0.717, 1.165) is 21.7 Å². The molecule has 11 heteroatoms. The lowest BCUT2D eigenvalue weighted by Gasteiger charge is -2.35. The molecule has 0 radical (unpaired) electrons. The first kappa shape index (κ1) is 31.7. The van der Waals surface area contributed by atoms with Gasteiger partial charge in [0.15, 0.2) is 11.5 Å². The summed E-state index contributed by atoms with van der Waals surface area (Å²) in [5, 5.41) is 3.01. The summed E-state index contributed by atoms with van der Waals surface area (Å²) in [7, 11) is -2.37. The molecule has 3 aromatic rings. The number of hydrogen-bond acceptors (Lipinski definition) is 7. The molecule has 43 heavy (non-hydrogen) atoms. The molecule has 0 bridgehead atoms. The predicted octanol–water partition coefficient (Wildman–Crippen LogP) is 3.79. The van der Waals surface area contributed by atoms with Gasteiger partial charge in [-0.2, -0.15) is 0 Å². The number of sulfonamides is 1. The van der Waals surface area contributed by atoms with E-state index in [0.29, 0.717) is 30.5 Å². The van der Waals surface area contributed by atoms with Gasteiger partial charge in [-0.25, -0.2) is 8.42 Å². The van der Waals surface area contributed by atoms with Gasteiger partial charge < -0.3 is 24.4 Å². The van der Waals surface area contributed by atoms with E-state index in [1.165, 1.54) is 4.90 Å². The van der Waals surface area contributed by atoms with Crippen LogP contribution in [0.3, 0.4) is 0 Å². The van der Waals surface area contributed by atoms with Crippen LogP contribution < -0.4 is 23.8 Å². The second-order valence-corrected chi connectivity index (χ2v) is 13.3. The Morgan fingerprint density at radius 1 is 0.930 bits per heavy atom. The molecule has 0 aromatic heterocycles. The van der Waals surface area contributed by atoms with Gasteiger partial charge in [-0.1, -0.05) is 42.5 Å². The smallest absolute Gasteiger partial charge is 0.244 e. The zero-order valence-electron chi connectivity index (χ0n) is 25.2. The number of nitrogens with one attached hydrogen (secondary N) is 1. The Bertz CT molecular complexity index is 1540. The van der Waals surface area contributed by atoms with Crippen molar-refractivity contribution in [3.8, 4) is 17.2 Å². The van der Waals surface area contributed by atoms with E-state index >= 15 is 0 Å².